The van der Waals surface area contributed by atoms with Crippen LogP contribution in [0.4, 0.5) is 4.39 Å². The average molecular weight is 250 g/mol. The third-order valence-electron chi connectivity index (χ3n) is 2.32. The van der Waals surface area contributed by atoms with Gasteiger partial charge in [-0.15, -0.1) is 11.3 Å². The molecule has 1 aromatic heterocycles. The number of hydrogen-bond donors (Lipinski definition) is 1. The van der Waals surface area contributed by atoms with Crippen LogP contribution in [0.3, 0.4) is 0 Å². The van der Waals surface area contributed by atoms with E-state index >= 15 is 0 Å². The Kier molecular flexibility index (Phi) is 3.01. The second-order valence-corrected chi connectivity index (χ2v) is 4.20. The topological polar surface area (TPSA) is 54.4 Å². The molecule has 5 heteroatoms. The van der Waals surface area contributed by atoms with Crippen LogP contribution in [0.1, 0.15) is 20.0 Å². The fraction of sp³-hybridized carbons (Fsp3) is 0. The van der Waals surface area contributed by atoms with Gasteiger partial charge in [0.15, 0.2) is 6.29 Å². The van der Waals surface area contributed by atoms with Crippen LogP contribution in [-0.2, 0) is 0 Å². The number of thiophene rings is 1. The van der Waals surface area contributed by atoms with Gasteiger partial charge in [-0.1, -0.05) is 12.1 Å². The van der Waals surface area contributed by atoms with Gasteiger partial charge in [-0.25, -0.2) is 9.18 Å². The number of aldehydes is 1. The van der Waals surface area contributed by atoms with E-state index in [0.717, 1.165) is 11.3 Å². The maximum Gasteiger partial charge on any atom is 0.346 e. The molecular formula is C12H7FO3S. The lowest BCUT2D eigenvalue weighted by Gasteiger charge is -2.04. The summed E-state index contributed by atoms with van der Waals surface area (Å²) in [4.78, 5) is 21.9. The third-order valence-corrected chi connectivity index (χ3v) is 3.22. The Bertz CT molecular complexity index is 589. The molecule has 3 nitrogen and oxygen atoms in total. The lowest BCUT2D eigenvalue weighted by Crippen LogP contribution is -1.98. The highest BCUT2D eigenvalue weighted by molar-refractivity contribution is 7.12. The van der Waals surface area contributed by atoms with E-state index in [4.69, 9.17) is 5.11 Å². The van der Waals surface area contributed by atoms with E-state index in [1.54, 1.807) is 11.4 Å². The van der Waals surface area contributed by atoms with E-state index in [-0.39, 0.29) is 10.4 Å². The summed E-state index contributed by atoms with van der Waals surface area (Å²) in [6, 6.07) is 5.71. The summed E-state index contributed by atoms with van der Waals surface area (Å²) in [6.07, 6.45) is 0.397. The summed E-state index contributed by atoms with van der Waals surface area (Å²) in [7, 11) is 0. The minimum absolute atomic E-state index is 0.0960. The number of carboxylic acids is 1. The predicted octanol–water partition coefficient (Wildman–Crippen LogP) is 3.06. The molecule has 0 aliphatic rings. The molecule has 0 aliphatic carbocycles. The number of aromatic carboxylic acids is 1. The van der Waals surface area contributed by atoms with E-state index in [0.29, 0.717) is 17.4 Å². The highest BCUT2D eigenvalue weighted by atomic mass is 32.1. The lowest BCUT2D eigenvalue weighted by atomic mass is 10.0. The minimum Gasteiger partial charge on any atom is -0.477 e. The Hall–Kier alpha value is -2.01. The Labute approximate surface area is 100 Å². The Morgan fingerprint density at radius 3 is 2.71 bits per heavy atom. The van der Waals surface area contributed by atoms with E-state index in [2.05, 4.69) is 0 Å². The summed E-state index contributed by atoms with van der Waals surface area (Å²) in [5.74, 6) is -1.74. The summed E-state index contributed by atoms with van der Waals surface area (Å²) in [6.45, 7) is 0. The van der Waals surface area contributed by atoms with Crippen LogP contribution in [0, 0.1) is 5.82 Å². The molecule has 1 heterocycles. The molecule has 17 heavy (non-hydrogen) atoms. The van der Waals surface area contributed by atoms with Crippen LogP contribution in [0.25, 0.3) is 11.1 Å². The van der Waals surface area contributed by atoms with Crippen LogP contribution in [0.15, 0.2) is 29.6 Å². The Balaban J connectivity index is 2.68. The van der Waals surface area contributed by atoms with Crippen molar-refractivity contribution >= 4 is 23.6 Å². The number of hydrogen-bond acceptors (Lipinski definition) is 3. The summed E-state index contributed by atoms with van der Waals surface area (Å²) in [5.41, 5.74) is 0.552. The molecule has 0 fully saturated rings. The molecule has 0 bridgehead atoms. The zero-order valence-electron chi connectivity index (χ0n) is 8.51. The third kappa shape index (κ3) is 1.97. The number of rotatable bonds is 3. The van der Waals surface area contributed by atoms with E-state index in [1.807, 2.05) is 0 Å². The van der Waals surface area contributed by atoms with E-state index in [1.165, 1.54) is 18.2 Å². The van der Waals surface area contributed by atoms with E-state index < -0.39 is 11.8 Å². The van der Waals surface area contributed by atoms with Crippen molar-refractivity contribution in [1.29, 1.82) is 0 Å². The molecule has 0 saturated carbocycles. The fourth-order valence-electron chi connectivity index (χ4n) is 1.58. The van der Waals surface area contributed by atoms with Gasteiger partial charge >= 0.3 is 5.97 Å². The van der Waals surface area contributed by atoms with Crippen molar-refractivity contribution in [2.75, 3.05) is 0 Å². The van der Waals surface area contributed by atoms with Crippen molar-refractivity contribution < 1.29 is 19.1 Å². The first-order valence-corrected chi connectivity index (χ1v) is 5.58. The molecule has 1 aromatic carbocycles. The van der Waals surface area contributed by atoms with Crippen LogP contribution in [0.5, 0.6) is 0 Å². The minimum atomic E-state index is -1.09. The smallest absolute Gasteiger partial charge is 0.346 e. The van der Waals surface area contributed by atoms with Crippen molar-refractivity contribution in [3.8, 4) is 11.1 Å². The molecule has 0 aliphatic heterocycles. The number of benzene rings is 1. The fourth-order valence-corrected chi connectivity index (χ4v) is 2.32. The second-order valence-electron chi connectivity index (χ2n) is 3.29. The van der Waals surface area contributed by atoms with Crippen molar-refractivity contribution in [3.63, 3.8) is 0 Å². The SMILES string of the molecule is O=Cc1c(F)cccc1-c1ccsc1C(=O)O. The van der Waals surface area contributed by atoms with Gasteiger partial charge in [0, 0.05) is 5.56 Å². The number of carbonyl (C=O) groups excluding carboxylic acids is 1. The standard InChI is InChI=1S/C12H7FO3S/c13-10-3-1-2-7(9(10)6-14)8-4-5-17-11(8)12(15)16/h1-6H,(H,15,16). The highest BCUT2D eigenvalue weighted by Crippen LogP contribution is 2.31. The molecule has 0 amide bonds. The quantitative estimate of drug-likeness (QED) is 0.852. The zero-order chi connectivity index (χ0) is 12.4. The predicted molar refractivity (Wildman–Crippen MR) is 62.1 cm³/mol. The molecule has 2 rings (SSSR count). The second kappa shape index (κ2) is 4.47. The molecule has 1 N–H and O–H groups in total. The van der Waals surface area contributed by atoms with Crippen LogP contribution in [0.2, 0.25) is 0 Å². The molecule has 0 saturated heterocycles. The first-order chi connectivity index (χ1) is 8.15. The largest absolute Gasteiger partial charge is 0.477 e. The zero-order valence-corrected chi connectivity index (χ0v) is 9.33. The van der Waals surface area contributed by atoms with Gasteiger partial charge in [-0.2, -0.15) is 0 Å². The molecule has 0 radical (unpaired) electrons. The average Bonchev–Trinajstić information content (AvgIpc) is 2.77. The maximum absolute atomic E-state index is 13.4. The number of carboxylic acid groups (broad SMARTS) is 1. The van der Waals surface area contributed by atoms with Crippen molar-refractivity contribution in [3.05, 3.63) is 45.9 Å². The highest BCUT2D eigenvalue weighted by Gasteiger charge is 2.17. The van der Waals surface area contributed by atoms with Gasteiger partial charge in [-0.3, -0.25) is 4.79 Å². The Morgan fingerprint density at radius 2 is 2.06 bits per heavy atom. The first-order valence-electron chi connectivity index (χ1n) is 4.70. The normalized spacial score (nSPS) is 10.2. The molecular weight excluding hydrogens is 243 g/mol. The summed E-state index contributed by atoms with van der Waals surface area (Å²) >= 11 is 1.04. The van der Waals surface area contributed by atoms with Crippen LogP contribution < -0.4 is 0 Å². The van der Waals surface area contributed by atoms with Gasteiger partial charge < -0.3 is 5.11 Å². The van der Waals surface area contributed by atoms with Crippen LogP contribution in [-0.4, -0.2) is 17.4 Å². The van der Waals surface area contributed by atoms with Crippen molar-refractivity contribution in [1.82, 2.24) is 0 Å². The van der Waals surface area contributed by atoms with E-state index in [9.17, 15) is 14.0 Å². The molecule has 0 atom stereocenters. The summed E-state index contributed by atoms with van der Waals surface area (Å²) in [5, 5.41) is 10.6. The first kappa shape index (κ1) is 11.5. The van der Waals surface area contributed by atoms with Gasteiger partial charge in [0.2, 0.25) is 0 Å². The van der Waals surface area contributed by atoms with Crippen molar-refractivity contribution in [2.45, 2.75) is 0 Å². The number of halogens is 1. The van der Waals surface area contributed by atoms with Crippen molar-refractivity contribution in [2.24, 2.45) is 0 Å². The number of carbonyl (C=O) groups is 2. The van der Waals surface area contributed by atoms with Gasteiger partial charge in [0.1, 0.15) is 10.7 Å². The molecule has 86 valence electrons. The maximum atomic E-state index is 13.4. The molecule has 0 unspecified atom stereocenters. The van der Waals surface area contributed by atoms with Gasteiger partial charge in [-0.05, 0) is 23.1 Å². The van der Waals surface area contributed by atoms with Gasteiger partial charge in [0.25, 0.3) is 0 Å². The molecule has 0 spiro atoms. The summed E-state index contributed by atoms with van der Waals surface area (Å²) < 4.78 is 13.4. The molecule has 2 aromatic rings. The Morgan fingerprint density at radius 1 is 1.29 bits per heavy atom. The monoisotopic (exact) mass is 250 g/mol. The lowest BCUT2D eigenvalue weighted by molar-refractivity contribution is 0.0702. The van der Waals surface area contributed by atoms with Crippen LogP contribution >= 0.6 is 11.3 Å². The van der Waals surface area contributed by atoms with Gasteiger partial charge in [0.05, 0.1) is 5.56 Å².